The lowest BCUT2D eigenvalue weighted by atomic mass is 9.98. The van der Waals surface area contributed by atoms with Crippen LogP contribution in [-0.2, 0) is 6.42 Å². The van der Waals surface area contributed by atoms with Gasteiger partial charge in [0.2, 0.25) is 0 Å². The standard InChI is InChI=1S/C15H14BrClFNO/c1-20-15-5-3-11(17)6-9(15)7-14(19)12-4-2-10(16)8-13(12)18/h2-6,8,14H,7,19H2,1H3. The molecule has 5 heteroatoms. The molecule has 1 unspecified atom stereocenters. The molecule has 106 valence electrons. The van der Waals surface area contributed by atoms with Gasteiger partial charge in [-0.1, -0.05) is 33.6 Å². The lowest BCUT2D eigenvalue weighted by Gasteiger charge is -2.16. The first kappa shape index (κ1) is 15.3. The molecule has 2 aromatic rings. The van der Waals surface area contributed by atoms with Crippen molar-refractivity contribution >= 4 is 27.5 Å². The first-order chi connectivity index (χ1) is 9.51. The summed E-state index contributed by atoms with van der Waals surface area (Å²) in [6.07, 6.45) is 0.447. The molecule has 2 aromatic carbocycles. The van der Waals surface area contributed by atoms with E-state index in [0.29, 0.717) is 27.2 Å². The van der Waals surface area contributed by atoms with E-state index in [1.54, 1.807) is 37.4 Å². The Bertz CT molecular complexity index is 621. The zero-order valence-corrected chi connectivity index (χ0v) is 13.2. The van der Waals surface area contributed by atoms with E-state index in [4.69, 9.17) is 22.1 Å². The van der Waals surface area contributed by atoms with Crippen LogP contribution < -0.4 is 10.5 Å². The number of rotatable bonds is 4. The van der Waals surface area contributed by atoms with Gasteiger partial charge in [0.05, 0.1) is 7.11 Å². The first-order valence-electron chi connectivity index (χ1n) is 6.04. The Balaban J connectivity index is 2.27. The van der Waals surface area contributed by atoms with E-state index in [1.165, 1.54) is 6.07 Å². The Hall–Kier alpha value is -1.10. The van der Waals surface area contributed by atoms with Crippen LogP contribution in [0.15, 0.2) is 40.9 Å². The van der Waals surface area contributed by atoms with Crippen molar-refractivity contribution < 1.29 is 9.13 Å². The zero-order chi connectivity index (χ0) is 14.7. The van der Waals surface area contributed by atoms with Crippen LogP contribution in [0.3, 0.4) is 0 Å². The van der Waals surface area contributed by atoms with Gasteiger partial charge in [-0.15, -0.1) is 0 Å². The monoisotopic (exact) mass is 357 g/mol. The van der Waals surface area contributed by atoms with E-state index in [2.05, 4.69) is 15.9 Å². The summed E-state index contributed by atoms with van der Waals surface area (Å²) in [4.78, 5) is 0. The molecule has 0 heterocycles. The molecule has 20 heavy (non-hydrogen) atoms. The number of hydrogen-bond donors (Lipinski definition) is 1. The topological polar surface area (TPSA) is 35.2 Å². The smallest absolute Gasteiger partial charge is 0.129 e. The molecule has 0 bridgehead atoms. The molecule has 0 aliphatic rings. The van der Waals surface area contributed by atoms with E-state index < -0.39 is 6.04 Å². The van der Waals surface area contributed by atoms with Crippen molar-refractivity contribution in [2.45, 2.75) is 12.5 Å². The Morgan fingerprint density at radius 2 is 2.05 bits per heavy atom. The molecule has 0 amide bonds. The van der Waals surface area contributed by atoms with Crippen LogP contribution in [0, 0.1) is 5.82 Å². The minimum atomic E-state index is -0.463. The normalized spacial score (nSPS) is 12.2. The summed E-state index contributed by atoms with van der Waals surface area (Å²) in [5.41, 5.74) is 7.42. The maximum absolute atomic E-state index is 13.9. The van der Waals surface area contributed by atoms with Crippen LogP contribution in [0.2, 0.25) is 5.02 Å². The van der Waals surface area contributed by atoms with Crippen LogP contribution in [0.5, 0.6) is 5.75 Å². The largest absolute Gasteiger partial charge is 0.496 e. The lowest BCUT2D eigenvalue weighted by Crippen LogP contribution is -2.15. The Labute approximate surface area is 130 Å². The predicted molar refractivity (Wildman–Crippen MR) is 82.7 cm³/mol. The molecule has 2 N–H and O–H groups in total. The maximum atomic E-state index is 13.9. The number of halogens is 3. The van der Waals surface area contributed by atoms with Crippen LogP contribution in [-0.4, -0.2) is 7.11 Å². The highest BCUT2D eigenvalue weighted by Crippen LogP contribution is 2.28. The SMILES string of the molecule is COc1ccc(Cl)cc1CC(N)c1ccc(Br)cc1F. The second kappa shape index (κ2) is 6.57. The van der Waals surface area contributed by atoms with Crippen molar-refractivity contribution in [1.82, 2.24) is 0 Å². The van der Waals surface area contributed by atoms with Gasteiger partial charge in [-0.25, -0.2) is 4.39 Å². The molecular weight excluding hydrogens is 345 g/mol. The summed E-state index contributed by atoms with van der Waals surface area (Å²) in [5.74, 6) is 0.371. The summed E-state index contributed by atoms with van der Waals surface area (Å²) in [7, 11) is 1.58. The highest BCUT2D eigenvalue weighted by molar-refractivity contribution is 9.10. The highest BCUT2D eigenvalue weighted by Gasteiger charge is 2.15. The van der Waals surface area contributed by atoms with Gasteiger partial charge < -0.3 is 10.5 Å². The Kier molecular flexibility index (Phi) is 5.02. The van der Waals surface area contributed by atoms with Crippen LogP contribution in [0.1, 0.15) is 17.2 Å². The minimum Gasteiger partial charge on any atom is -0.496 e. The molecule has 2 rings (SSSR count). The number of ether oxygens (including phenoxy) is 1. The van der Waals surface area contributed by atoms with Crippen LogP contribution in [0.25, 0.3) is 0 Å². The molecule has 0 aliphatic heterocycles. The van der Waals surface area contributed by atoms with Crippen LogP contribution >= 0.6 is 27.5 Å². The Morgan fingerprint density at radius 1 is 1.30 bits per heavy atom. The second-order valence-electron chi connectivity index (χ2n) is 4.43. The first-order valence-corrected chi connectivity index (χ1v) is 7.21. The number of methoxy groups -OCH3 is 1. The van der Waals surface area contributed by atoms with Gasteiger partial charge in [0, 0.05) is 21.1 Å². The van der Waals surface area contributed by atoms with Gasteiger partial charge >= 0.3 is 0 Å². The molecule has 0 radical (unpaired) electrons. The molecule has 0 spiro atoms. The fourth-order valence-corrected chi connectivity index (χ4v) is 2.58. The van der Waals surface area contributed by atoms with Gasteiger partial charge in [-0.3, -0.25) is 0 Å². The maximum Gasteiger partial charge on any atom is 0.129 e. The summed E-state index contributed by atoms with van der Waals surface area (Å²) >= 11 is 9.20. The lowest BCUT2D eigenvalue weighted by molar-refractivity contribution is 0.408. The van der Waals surface area contributed by atoms with Gasteiger partial charge in [0.15, 0.2) is 0 Å². The third-order valence-electron chi connectivity index (χ3n) is 3.04. The van der Waals surface area contributed by atoms with E-state index >= 15 is 0 Å². The highest BCUT2D eigenvalue weighted by atomic mass is 79.9. The van der Waals surface area contributed by atoms with Gasteiger partial charge in [-0.2, -0.15) is 0 Å². The molecule has 0 aliphatic carbocycles. The molecule has 0 saturated carbocycles. The predicted octanol–water partition coefficient (Wildman–Crippen LogP) is 4.49. The fourth-order valence-electron chi connectivity index (χ4n) is 2.06. The van der Waals surface area contributed by atoms with Crippen molar-refractivity contribution in [3.8, 4) is 5.75 Å². The van der Waals surface area contributed by atoms with E-state index in [0.717, 1.165) is 5.56 Å². The second-order valence-corrected chi connectivity index (χ2v) is 5.78. The van der Waals surface area contributed by atoms with E-state index in [9.17, 15) is 4.39 Å². The Morgan fingerprint density at radius 3 is 2.70 bits per heavy atom. The van der Waals surface area contributed by atoms with Crippen LogP contribution in [0.4, 0.5) is 4.39 Å². The molecule has 1 atom stereocenters. The third-order valence-corrected chi connectivity index (χ3v) is 3.77. The van der Waals surface area contributed by atoms with Crippen molar-refractivity contribution in [2.75, 3.05) is 7.11 Å². The zero-order valence-electron chi connectivity index (χ0n) is 10.9. The van der Waals surface area contributed by atoms with Crippen molar-refractivity contribution in [3.05, 3.63) is 62.8 Å². The third kappa shape index (κ3) is 3.51. The van der Waals surface area contributed by atoms with Gasteiger partial charge in [0.1, 0.15) is 11.6 Å². The molecular formula is C15H14BrClFNO. The van der Waals surface area contributed by atoms with Gasteiger partial charge in [-0.05, 0) is 42.3 Å². The average molecular weight is 359 g/mol. The molecule has 0 aromatic heterocycles. The fraction of sp³-hybridized carbons (Fsp3) is 0.200. The molecule has 2 nitrogen and oxygen atoms in total. The van der Waals surface area contributed by atoms with Crippen molar-refractivity contribution in [3.63, 3.8) is 0 Å². The molecule has 0 saturated heterocycles. The van der Waals surface area contributed by atoms with Crippen molar-refractivity contribution in [2.24, 2.45) is 5.73 Å². The number of benzene rings is 2. The summed E-state index contributed by atoms with van der Waals surface area (Å²) < 4.78 is 19.9. The minimum absolute atomic E-state index is 0.326. The quantitative estimate of drug-likeness (QED) is 0.874. The van der Waals surface area contributed by atoms with E-state index in [1.807, 2.05) is 0 Å². The van der Waals surface area contributed by atoms with Crippen molar-refractivity contribution in [1.29, 1.82) is 0 Å². The number of hydrogen-bond acceptors (Lipinski definition) is 2. The average Bonchev–Trinajstić information content (AvgIpc) is 2.38. The summed E-state index contributed by atoms with van der Waals surface area (Å²) in [5, 5.41) is 0.601. The summed E-state index contributed by atoms with van der Waals surface area (Å²) in [6, 6.07) is 9.71. The molecule has 0 fully saturated rings. The summed E-state index contributed by atoms with van der Waals surface area (Å²) in [6.45, 7) is 0. The van der Waals surface area contributed by atoms with Gasteiger partial charge in [0.25, 0.3) is 0 Å². The van der Waals surface area contributed by atoms with E-state index in [-0.39, 0.29) is 5.82 Å². The number of nitrogens with two attached hydrogens (primary N) is 1.